The van der Waals surface area contributed by atoms with Crippen LogP contribution >= 0.6 is 0 Å². The second-order valence-electron chi connectivity index (χ2n) is 4.48. The van der Waals surface area contributed by atoms with Gasteiger partial charge in [-0.25, -0.2) is 0 Å². The van der Waals surface area contributed by atoms with Crippen molar-refractivity contribution in [1.29, 1.82) is 5.26 Å². The van der Waals surface area contributed by atoms with Gasteiger partial charge in [-0.15, -0.1) is 0 Å². The molecule has 0 spiro atoms. The number of ketones is 1. The summed E-state index contributed by atoms with van der Waals surface area (Å²) < 4.78 is 5.28. The number of nitriles is 1. The van der Waals surface area contributed by atoms with Gasteiger partial charge in [0, 0.05) is 18.6 Å². The van der Waals surface area contributed by atoms with Crippen molar-refractivity contribution in [2.24, 2.45) is 0 Å². The van der Waals surface area contributed by atoms with Gasteiger partial charge in [-0.1, -0.05) is 0 Å². The number of nitrogens with zero attached hydrogens (tertiary/aromatic N) is 2. The number of morpholine rings is 1. The first-order chi connectivity index (χ1) is 7.47. The Morgan fingerprint density at radius 2 is 2.00 bits per heavy atom. The third kappa shape index (κ3) is 3.16. The molecule has 0 aromatic rings. The largest absolute Gasteiger partial charge is 0.379 e. The maximum Gasteiger partial charge on any atom is 0.170 e. The minimum atomic E-state index is -0.277. The molecule has 0 saturated carbocycles. The molecular weight excluding hydrogens is 204 g/mol. The Hall–Kier alpha value is -1.18. The summed E-state index contributed by atoms with van der Waals surface area (Å²) in [4.78, 5) is 13.4. The maximum atomic E-state index is 11.2. The van der Waals surface area contributed by atoms with Gasteiger partial charge < -0.3 is 4.74 Å². The molecule has 4 heteroatoms. The molecule has 1 aliphatic heterocycles. The smallest absolute Gasteiger partial charge is 0.170 e. The van der Waals surface area contributed by atoms with Crippen molar-refractivity contribution in [2.45, 2.75) is 26.3 Å². The molecule has 1 aliphatic rings. The molecule has 1 fully saturated rings. The van der Waals surface area contributed by atoms with Crippen LogP contribution in [0.15, 0.2) is 11.6 Å². The van der Waals surface area contributed by atoms with Crippen LogP contribution in [-0.2, 0) is 9.53 Å². The molecular formula is C12H18N2O2. The maximum absolute atomic E-state index is 11.2. The molecule has 4 nitrogen and oxygen atoms in total. The summed E-state index contributed by atoms with van der Waals surface area (Å²) in [6.45, 7) is 8.53. The van der Waals surface area contributed by atoms with E-state index in [0.717, 1.165) is 13.1 Å². The predicted octanol–water partition coefficient (Wildman–Crippen LogP) is 1.14. The molecule has 0 amide bonds. The van der Waals surface area contributed by atoms with Crippen molar-refractivity contribution in [1.82, 2.24) is 4.90 Å². The standard InChI is InChI=1S/C12H18N2O2/c1-10(15)11(9-13)8-12(2,3)14-4-6-16-7-5-14/h8H,4-7H2,1-3H3/b11-8+. The molecule has 1 saturated heterocycles. The topological polar surface area (TPSA) is 53.3 Å². The molecule has 0 aromatic carbocycles. The average molecular weight is 222 g/mol. The summed E-state index contributed by atoms with van der Waals surface area (Å²) in [6, 6.07) is 1.95. The predicted molar refractivity (Wildman–Crippen MR) is 60.8 cm³/mol. The van der Waals surface area contributed by atoms with Gasteiger partial charge in [0.05, 0.1) is 18.8 Å². The Balaban J connectivity index is 2.83. The molecule has 0 aliphatic carbocycles. The first-order valence-electron chi connectivity index (χ1n) is 5.44. The zero-order valence-electron chi connectivity index (χ0n) is 10.1. The minimum absolute atomic E-state index is 0.177. The van der Waals surface area contributed by atoms with E-state index in [9.17, 15) is 4.79 Å². The third-order valence-electron chi connectivity index (χ3n) is 2.82. The van der Waals surface area contributed by atoms with Gasteiger partial charge in [-0.2, -0.15) is 5.26 Å². The summed E-state index contributed by atoms with van der Waals surface area (Å²) in [6.07, 6.45) is 1.75. The van der Waals surface area contributed by atoms with Crippen LogP contribution in [0.2, 0.25) is 0 Å². The second kappa shape index (κ2) is 5.24. The summed E-state index contributed by atoms with van der Waals surface area (Å²) in [7, 11) is 0. The lowest BCUT2D eigenvalue weighted by molar-refractivity contribution is -0.113. The first-order valence-corrected chi connectivity index (χ1v) is 5.44. The van der Waals surface area contributed by atoms with E-state index in [2.05, 4.69) is 4.90 Å². The van der Waals surface area contributed by atoms with E-state index in [0.29, 0.717) is 13.2 Å². The van der Waals surface area contributed by atoms with Gasteiger partial charge in [0.1, 0.15) is 6.07 Å². The summed E-state index contributed by atoms with van der Waals surface area (Å²) >= 11 is 0. The number of carbonyl (C=O) groups excluding carboxylic acids is 1. The van der Waals surface area contributed by atoms with Crippen LogP contribution in [0.3, 0.4) is 0 Å². The van der Waals surface area contributed by atoms with Gasteiger partial charge in [0.25, 0.3) is 0 Å². The van der Waals surface area contributed by atoms with E-state index in [4.69, 9.17) is 10.00 Å². The van der Waals surface area contributed by atoms with Crippen molar-refractivity contribution in [2.75, 3.05) is 26.3 Å². The van der Waals surface area contributed by atoms with Crippen LogP contribution in [0.5, 0.6) is 0 Å². The van der Waals surface area contributed by atoms with Gasteiger partial charge in [0.15, 0.2) is 5.78 Å². The van der Waals surface area contributed by atoms with Gasteiger partial charge in [-0.05, 0) is 26.8 Å². The molecule has 16 heavy (non-hydrogen) atoms. The molecule has 0 atom stereocenters. The van der Waals surface area contributed by atoms with Crippen molar-refractivity contribution in [3.63, 3.8) is 0 Å². The Kier molecular flexibility index (Phi) is 4.22. The van der Waals surface area contributed by atoms with Crippen molar-refractivity contribution in [3.05, 3.63) is 11.6 Å². The molecule has 0 unspecified atom stereocenters. The lowest BCUT2D eigenvalue weighted by Gasteiger charge is -2.39. The zero-order valence-corrected chi connectivity index (χ0v) is 10.1. The monoisotopic (exact) mass is 222 g/mol. The first kappa shape index (κ1) is 12.9. The molecule has 0 aromatic heterocycles. The third-order valence-corrected chi connectivity index (χ3v) is 2.82. The SMILES string of the molecule is CC(=O)/C(C#N)=C/C(C)(C)N1CCOCC1. The molecule has 1 rings (SSSR count). The Morgan fingerprint density at radius 3 is 2.44 bits per heavy atom. The minimum Gasteiger partial charge on any atom is -0.379 e. The second-order valence-corrected chi connectivity index (χ2v) is 4.48. The highest BCUT2D eigenvalue weighted by molar-refractivity contribution is 5.97. The van der Waals surface area contributed by atoms with E-state index < -0.39 is 0 Å². The molecule has 0 N–H and O–H groups in total. The van der Waals surface area contributed by atoms with Crippen LogP contribution in [0.25, 0.3) is 0 Å². The normalized spacial score (nSPS) is 19.2. The number of Topliss-reactive ketones (excluding diaryl/α,β-unsaturated/α-hetero) is 1. The van der Waals surface area contributed by atoms with E-state index in [1.165, 1.54) is 6.92 Å². The fourth-order valence-electron chi connectivity index (χ4n) is 1.80. The average Bonchev–Trinajstić information content (AvgIpc) is 2.27. The number of carbonyl (C=O) groups is 1. The molecule has 0 radical (unpaired) electrons. The highest BCUT2D eigenvalue weighted by Gasteiger charge is 2.27. The fraction of sp³-hybridized carbons (Fsp3) is 0.667. The summed E-state index contributed by atoms with van der Waals surface area (Å²) in [5, 5.41) is 8.88. The van der Waals surface area contributed by atoms with E-state index in [-0.39, 0.29) is 16.9 Å². The van der Waals surface area contributed by atoms with Gasteiger partial charge in [-0.3, -0.25) is 9.69 Å². The van der Waals surface area contributed by atoms with Crippen LogP contribution < -0.4 is 0 Å². The Morgan fingerprint density at radius 1 is 1.44 bits per heavy atom. The molecule has 88 valence electrons. The van der Waals surface area contributed by atoms with E-state index in [1.807, 2.05) is 19.9 Å². The van der Waals surface area contributed by atoms with Crippen molar-refractivity contribution in [3.8, 4) is 6.07 Å². The van der Waals surface area contributed by atoms with Crippen LogP contribution in [-0.4, -0.2) is 42.5 Å². The Bertz CT molecular complexity index is 333. The lowest BCUT2D eigenvalue weighted by atomic mass is 9.97. The number of hydrogen-bond donors (Lipinski definition) is 0. The zero-order chi connectivity index (χ0) is 12.2. The number of hydrogen-bond acceptors (Lipinski definition) is 4. The molecule has 1 heterocycles. The molecule has 0 bridgehead atoms. The van der Waals surface area contributed by atoms with Crippen molar-refractivity contribution < 1.29 is 9.53 Å². The number of rotatable bonds is 3. The van der Waals surface area contributed by atoms with Crippen molar-refractivity contribution >= 4 is 5.78 Å². The quantitative estimate of drug-likeness (QED) is 0.530. The van der Waals surface area contributed by atoms with E-state index in [1.54, 1.807) is 6.08 Å². The van der Waals surface area contributed by atoms with Gasteiger partial charge in [0.2, 0.25) is 0 Å². The highest BCUT2D eigenvalue weighted by Crippen LogP contribution is 2.19. The summed E-state index contributed by atoms with van der Waals surface area (Å²) in [5.41, 5.74) is -0.0444. The van der Waals surface area contributed by atoms with Gasteiger partial charge >= 0.3 is 0 Å². The van der Waals surface area contributed by atoms with Crippen LogP contribution in [0, 0.1) is 11.3 Å². The number of ether oxygens (including phenoxy) is 1. The van der Waals surface area contributed by atoms with E-state index >= 15 is 0 Å². The fourth-order valence-corrected chi connectivity index (χ4v) is 1.80. The van der Waals surface area contributed by atoms with Crippen LogP contribution in [0.1, 0.15) is 20.8 Å². The Labute approximate surface area is 96.5 Å². The lowest BCUT2D eigenvalue weighted by Crippen LogP contribution is -2.49. The highest BCUT2D eigenvalue weighted by atomic mass is 16.5. The summed E-state index contributed by atoms with van der Waals surface area (Å²) in [5.74, 6) is -0.177. The van der Waals surface area contributed by atoms with Crippen LogP contribution in [0.4, 0.5) is 0 Å². The number of allylic oxidation sites excluding steroid dienone is 1.